The molecule has 3 N–H and O–H groups in total. The number of ether oxygens (including phenoxy) is 2. The molecule has 27 heavy (non-hydrogen) atoms. The van der Waals surface area contributed by atoms with E-state index in [1.807, 2.05) is 42.5 Å². The van der Waals surface area contributed by atoms with Crippen LogP contribution in [0.25, 0.3) is 0 Å². The smallest absolute Gasteiger partial charge is 0.222 e. The SMILES string of the molecule is C=CCc1cc(CNC(=O)CC(N)c2ccccc2)cc(OC)c1OC.Cl. The van der Waals surface area contributed by atoms with Crippen molar-refractivity contribution in [2.75, 3.05) is 14.2 Å². The molecule has 2 aromatic carbocycles. The van der Waals surface area contributed by atoms with Crippen LogP contribution in [0, 0.1) is 0 Å². The van der Waals surface area contributed by atoms with Crippen LogP contribution in [0.15, 0.2) is 55.1 Å². The van der Waals surface area contributed by atoms with Gasteiger partial charge in [-0.2, -0.15) is 0 Å². The lowest BCUT2D eigenvalue weighted by atomic mass is 10.0. The number of nitrogens with one attached hydrogen (secondary N) is 1. The molecule has 0 aliphatic carbocycles. The van der Waals surface area contributed by atoms with Crippen LogP contribution in [0.3, 0.4) is 0 Å². The number of hydrogen-bond acceptors (Lipinski definition) is 4. The fourth-order valence-electron chi connectivity index (χ4n) is 2.81. The molecule has 1 amide bonds. The quantitative estimate of drug-likeness (QED) is 0.642. The number of nitrogens with two attached hydrogens (primary N) is 1. The van der Waals surface area contributed by atoms with Gasteiger partial charge in [0.15, 0.2) is 11.5 Å². The highest BCUT2D eigenvalue weighted by atomic mass is 35.5. The number of halogens is 1. The van der Waals surface area contributed by atoms with Gasteiger partial charge in [-0.25, -0.2) is 0 Å². The summed E-state index contributed by atoms with van der Waals surface area (Å²) in [5.41, 5.74) is 8.95. The van der Waals surface area contributed by atoms with E-state index in [1.165, 1.54) is 0 Å². The number of benzene rings is 2. The Bertz CT molecular complexity index is 751. The van der Waals surface area contributed by atoms with Gasteiger partial charge < -0.3 is 20.5 Å². The van der Waals surface area contributed by atoms with Gasteiger partial charge >= 0.3 is 0 Å². The first-order chi connectivity index (χ1) is 12.6. The van der Waals surface area contributed by atoms with E-state index in [0.717, 1.165) is 16.7 Å². The average molecular weight is 391 g/mol. The lowest BCUT2D eigenvalue weighted by Crippen LogP contribution is -2.27. The maximum Gasteiger partial charge on any atom is 0.222 e. The Morgan fingerprint density at radius 3 is 2.52 bits per heavy atom. The van der Waals surface area contributed by atoms with Crippen LogP contribution in [0.2, 0.25) is 0 Å². The summed E-state index contributed by atoms with van der Waals surface area (Å²) in [5.74, 6) is 1.23. The summed E-state index contributed by atoms with van der Waals surface area (Å²) >= 11 is 0. The summed E-state index contributed by atoms with van der Waals surface area (Å²) in [5, 5.41) is 2.92. The maximum absolute atomic E-state index is 12.2. The first kappa shape index (κ1) is 22.5. The van der Waals surface area contributed by atoms with Crippen molar-refractivity contribution in [1.82, 2.24) is 5.32 Å². The molecule has 0 saturated carbocycles. The molecular weight excluding hydrogens is 364 g/mol. The van der Waals surface area contributed by atoms with Crippen LogP contribution < -0.4 is 20.5 Å². The molecule has 0 fully saturated rings. The molecule has 0 bridgehead atoms. The van der Waals surface area contributed by atoms with Crippen LogP contribution >= 0.6 is 12.4 Å². The molecule has 0 aliphatic heterocycles. The fourth-order valence-corrected chi connectivity index (χ4v) is 2.81. The molecule has 146 valence electrons. The van der Waals surface area contributed by atoms with Gasteiger partial charge in [-0.15, -0.1) is 19.0 Å². The number of rotatable bonds is 9. The molecule has 1 atom stereocenters. The van der Waals surface area contributed by atoms with Crippen molar-refractivity contribution in [3.8, 4) is 11.5 Å². The number of allylic oxidation sites excluding steroid dienone is 1. The monoisotopic (exact) mass is 390 g/mol. The molecule has 1 unspecified atom stereocenters. The van der Waals surface area contributed by atoms with Gasteiger partial charge in [-0.05, 0) is 29.7 Å². The van der Waals surface area contributed by atoms with Crippen molar-refractivity contribution < 1.29 is 14.3 Å². The van der Waals surface area contributed by atoms with Gasteiger partial charge in [0.25, 0.3) is 0 Å². The van der Waals surface area contributed by atoms with Crippen molar-refractivity contribution in [2.45, 2.75) is 25.4 Å². The van der Waals surface area contributed by atoms with Gasteiger partial charge in [0.2, 0.25) is 5.91 Å². The summed E-state index contributed by atoms with van der Waals surface area (Å²) in [7, 11) is 3.20. The standard InChI is InChI=1S/C21H26N2O3.ClH/c1-4-8-17-11-15(12-19(25-2)21(17)26-3)14-23-20(24)13-18(22)16-9-6-5-7-10-16;/h4-7,9-12,18H,1,8,13-14,22H2,2-3H3,(H,23,24);1H. The van der Waals surface area contributed by atoms with Crippen molar-refractivity contribution in [1.29, 1.82) is 0 Å². The number of hydrogen-bond donors (Lipinski definition) is 2. The first-order valence-electron chi connectivity index (χ1n) is 8.51. The Morgan fingerprint density at radius 2 is 1.93 bits per heavy atom. The van der Waals surface area contributed by atoms with E-state index in [4.69, 9.17) is 15.2 Å². The van der Waals surface area contributed by atoms with E-state index >= 15 is 0 Å². The largest absolute Gasteiger partial charge is 0.493 e. The Balaban J connectivity index is 0.00000364. The van der Waals surface area contributed by atoms with E-state index in [2.05, 4.69) is 11.9 Å². The van der Waals surface area contributed by atoms with Gasteiger partial charge in [0, 0.05) is 24.6 Å². The van der Waals surface area contributed by atoms with Crippen LogP contribution in [-0.2, 0) is 17.8 Å². The number of methoxy groups -OCH3 is 2. The van der Waals surface area contributed by atoms with E-state index in [0.29, 0.717) is 24.5 Å². The lowest BCUT2D eigenvalue weighted by molar-refractivity contribution is -0.121. The molecular formula is C21H27ClN2O3. The zero-order chi connectivity index (χ0) is 18.9. The Morgan fingerprint density at radius 1 is 1.22 bits per heavy atom. The van der Waals surface area contributed by atoms with E-state index in [9.17, 15) is 4.79 Å². The van der Waals surface area contributed by atoms with Crippen LogP contribution in [0.1, 0.15) is 29.2 Å². The molecule has 0 radical (unpaired) electrons. The van der Waals surface area contributed by atoms with Crippen molar-refractivity contribution in [3.63, 3.8) is 0 Å². The molecule has 0 saturated heterocycles. The molecule has 0 spiro atoms. The minimum atomic E-state index is -0.321. The minimum Gasteiger partial charge on any atom is -0.493 e. The van der Waals surface area contributed by atoms with E-state index in [-0.39, 0.29) is 30.8 Å². The summed E-state index contributed by atoms with van der Waals surface area (Å²) in [6.45, 7) is 4.17. The summed E-state index contributed by atoms with van der Waals surface area (Å²) in [4.78, 5) is 12.2. The topological polar surface area (TPSA) is 73.6 Å². The van der Waals surface area contributed by atoms with E-state index < -0.39 is 0 Å². The molecule has 2 aromatic rings. The van der Waals surface area contributed by atoms with Crippen molar-refractivity contribution in [2.24, 2.45) is 5.73 Å². The van der Waals surface area contributed by atoms with Crippen LogP contribution in [-0.4, -0.2) is 20.1 Å². The first-order valence-corrected chi connectivity index (χ1v) is 8.51. The number of amides is 1. The Hall–Kier alpha value is -2.50. The van der Waals surface area contributed by atoms with Crippen LogP contribution in [0.4, 0.5) is 0 Å². The lowest BCUT2D eigenvalue weighted by Gasteiger charge is -2.15. The predicted octanol–water partition coefficient (Wildman–Crippen LogP) is 3.56. The van der Waals surface area contributed by atoms with Gasteiger partial charge in [-0.3, -0.25) is 4.79 Å². The summed E-state index contributed by atoms with van der Waals surface area (Å²) in [6.07, 6.45) is 2.69. The second-order valence-electron chi connectivity index (χ2n) is 5.98. The Kier molecular flexibility index (Phi) is 9.40. The van der Waals surface area contributed by atoms with Gasteiger partial charge in [-0.1, -0.05) is 36.4 Å². The normalized spacial score (nSPS) is 11.1. The third-order valence-electron chi connectivity index (χ3n) is 4.10. The van der Waals surface area contributed by atoms with Crippen LogP contribution in [0.5, 0.6) is 11.5 Å². The summed E-state index contributed by atoms with van der Waals surface area (Å²) < 4.78 is 10.8. The van der Waals surface area contributed by atoms with Gasteiger partial charge in [0.05, 0.1) is 14.2 Å². The predicted molar refractivity (Wildman–Crippen MR) is 111 cm³/mol. The third kappa shape index (κ3) is 6.31. The second-order valence-corrected chi connectivity index (χ2v) is 5.98. The maximum atomic E-state index is 12.2. The fraction of sp³-hybridized carbons (Fsp3) is 0.286. The van der Waals surface area contributed by atoms with Gasteiger partial charge in [0.1, 0.15) is 0 Å². The minimum absolute atomic E-state index is 0. The van der Waals surface area contributed by atoms with Crippen molar-refractivity contribution in [3.05, 3.63) is 71.8 Å². The molecule has 0 heterocycles. The zero-order valence-corrected chi connectivity index (χ0v) is 16.6. The summed E-state index contributed by atoms with van der Waals surface area (Å²) in [6, 6.07) is 13.1. The molecule has 5 nitrogen and oxygen atoms in total. The Labute approximate surface area is 167 Å². The average Bonchev–Trinajstić information content (AvgIpc) is 2.66. The number of carbonyl (C=O) groups excluding carboxylic acids is 1. The third-order valence-corrected chi connectivity index (χ3v) is 4.10. The highest BCUT2D eigenvalue weighted by Crippen LogP contribution is 2.33. The molecule has 0 aliphatic rings. The van der Waals surface area contributed by atoms with Crippen molar-refractivity contribution >= 4 is 18.3 Å². The van der Waals surface area contributed by atoms with E-state index in [1.54, 1.807) is 20.3 Å². The highest BCUT2D eigenvalue weighted by molar-refractivity contribution is 5.85. The molecule has 0 aromatic heterocycles. The second kappa shape index (κ2) is 11.3. The molecule has 6 heteroatoms. The molecule has 2 rings (SSSR count). The zero-order valence-electron chi connectivity index (χ0n) is 15.7. The number of carbonyl (C=O) groups is 1. The highest BCUT2D eigenvalue weighted by Gasteiger charge is 2.14.